The Balaban J connectivity index is 1.41. The molecule has 0 aliphatic carbocycles. The molecule has 2 aliphatic rings. The van der Waals surface area contributed by atoms with Crippen molar-refractivity contribution in [3.8, 4) is 0 Å². The summed E-state index contributed by atoms with van der Waals surface area (Å²) in [5, 5.41) is 8.91. The van der Waals surface area contributed by atoms with Crippen LogP contribution < -0.4 is 9.80 Å². The zero-order valence-corrected chi connectivity index (χ0v) is 18.9. The van der Waals surface area contributed by atoms with Gasteiger partial charge in [0, 0.05) is 38.8 Å². The Hall–Kier alpha value is -2.19. The van der Waals surface area contributed by atoms with Crippen molar-refractivity contribution in [1.29, 1.82) is 0 Å². The molecule has 1 aromatic carbocycles. The summed E-state index contributed by atoms with van der Waals surface area (Å²) in [7, 11) is -3.47. The predicted molar refractivity (Wildman–Crippen MR) is 120 cm³/mol. The molecule has 2 aromatic rings. The second kappa shape index (κ2) is 8.51. The summed E-state index contributed by atoms with van der Waals surface area (Å²) in [5.41, 5.74) is 2.09. The van der Waals surface area contributed by atoms with Crippen molar-refractivity contribution in [3.05, 3.63) is 41.5 Å². The third kappa shape index (κ3) is 4.16. The van der Waals surface area contributed by atoms with Gasteiger partial charge in [-0.25, -0.2) is 8.42 Å². The van der Waals surface area contributed by atoms with Crippen molar-refractivity contribution in [3.63, 3.8) is 0 Å². The molecule has 2 fully saturated rings. The van der Waals surface area contributed by atoms with Gasteiger partial charge in [0.2, 0.25) is 10.0 Å². The molecule has 162 valence electrons. The van der Waals surface area contributed by atoms with E-state index in [1.54, 1.807) is 16.4 Å². The van der Waals surface area contributed by atoms with Gasteiger partial charge in [-0.05, 0) is 75.4 Å². The summed E-state index contributed by atoms with van der Waals surface area (Å²) >= 11 is 0. The first-order valence-electron chi connectivity index (χ1n) is 10.8. The Labute approximate surface area is 179 Å². The smallest absolute Gasteiger partial charge is 0.243 e. The number of piperidine rings is 1. The molecule has 0 saturated carbocycles. The fraction of sp³-hybridized carbons (Fsp3) is 0.545. The summed E-state index contributed by atoms with van der Waals surface area (Å²) in [6, 6.07) is 9.90. The zero-order valence-electron chi connectivity index (χ0n) is 18.1. The van der Waals surface area contributed by atoms with Crippen molar-refractivity contribution < 1.29 is 8.42 Å². The maximum atomic E-state index is 13.0. The molecule has 1 atom stereocenters. The van der Waals surface area contributed by atoms with Crippen molar-refractivity contribution in [2.24, 2.45) is 0 Å². The zero-order chi connectivity index (χ0) is 21.3. The Kier molecular flexibility index (Phi) is 5.97. The second-order valence-corrected chi connectivity index (χ2v) is 10.4. The Morgan fingerprint density at radius 1 is 0.867 bits per heavy atom. The van der Waals surface area contributed by atoms with Crippen molar-refractivity contribution in [2.75, 3.05) is 42.5 Å². The third-order valence-corrected chi connectivity index (χ3v) is 8.31. The molecule has 1 unspecified atom stereocenters. The van der Waals surface area contributed by atoms with E-state index in [4.69, 9.17) is 0 Å². The van der Waals surface area contributed by atoms with Crippen LogP contribution in [0.1, 0.15) is 37.3 Å². The summed E-state index contributed by atoms with van der Waals surface area (Å²) in [6.45, 7) is 9.32. The lowest BCUT2D eigenvalue weighted by atomic mass is 10.0. The highest BCUT2D eigenvalue weighted by Crippen LogP contribution is 2.25. The first-order valence-corrected chi connectivity index (χ1v) is 12.2. The normalized spacial score (nSPS) is 21.1. The van der Waals surface area contributed by atoms with Gasteiger partial charge in [0.15, 0.2) is 11.6 Å². The van der Waals surface area contributed by atoms with Crippen molar-refractivity contribution in [2.45, 2.75) is 51.0 Å². The van der Waals surface area contributed by atoms with Gasteiger partial charge in [-0.2, -0.15) is 4.31 Å². The van der Waals surface area contributed by atoms with E-state index in [0.29, 0.717) is 37.1 Å². The minimum Gasteiger partial charge on any atom is -0.352 e. The van der Waals surface area contributed by atoms with E-state index in [1.165, 1.54) is 19.3 Å². The molecule has 0 amide bonds. The highest BCUT2D eigenvalue weighted by Gasteiger charge is 2.29. The van der Waals surface area contributed by atoms with Crippen LogP contribution in [-0.4, -0.2) is 61.7 Å². The molecule has 3 heterocycles. The number of piperazine rings is 1. The lowest BCUT2D eigenvalue weighted by Gasteiger charge is -2.35. The Morgan fingerprint density at radius 3 is 2.20 bits per heavy atom. The number of hydrogen-bond acceptors (Lipinski definition) is 6. The van der Waals surface area contributed by atoms with E-state index in [2.05, 4.69) is 26.9 Å². The van der Waals surface area contributed by atoms with Crippen LogP contribution in [0.2, 0.25) is 0 Å². The first kappa shape index (κ1) is 21.1. The number of nitrogens with zero attached hydrogens (tertiary/aromatic N) is 5. The van der Waals surface area contributed by atoms with Crippen molar-refractivity contribution in [1.82, 2.24) is 14.5 Å². The average molecular weight is 430 g/mol. The van der Waals surface area contributed by atoms with Gasteiger partial charge in [0.25, 0.3) is 0 Å². The second-order valence-electron chi connectivity index (χ2n) is 8.43. The quantitative estimate of drug-likeness (QED) is 0.744. The van der Waals surface area contributed by atoms with Gasteiger partial charge >= 0.3 is 0 Å². The van der Waals surface area contributed by atoms with Crippen LogP contribution in [0.5, 0.6) is 0 Å². The lowest BCUT2D eigenvalue weighted by molar-refractivity contribution is 0.383. The van der Waals surface area contributed by atoms with E-state index >= 15 is 0 Å². The molecule has 0 N–H and O–H groups in total. The molecular formula is C22H31N5O2S. The largest absolute Gasteiger partial charge is 0.352 e. The molecule has 8 heteroatoms. The van der Waals surface area contributed by atoms with Gasteiger partial charge < -0.3 is 9.80 Å². The minimum atomic E-state index is -3.47. The van der Waals surface area contributed by atoms with Crippen LogP contribution >= 0.6 is 0 Å². The van der Waals surface area contributed by atoms with Crippen LogP contribution in [0.4, 0.5) is 11.6 Å². The van der Waals surface area contributed by atoms with Crippen molar-refractivity contribution >= 4 is 21.7 Å². The predicted octanol–water partition coefficient (Wildman–Crippen LogP) is 2.98. The van der Waals surface area contributed by atoms with Gasteiger partial charge in [0.1, 0.15) is 0 Å². The standard InChI is InChI=1S/C22H31N5O2S/c1-17-7-8-20(16-18(17)2)30(28,29)26-14-12-25(13-15-26)21-9-10-22(24-23-21)27-11-5-4-6-19(27)3/h7-10,16,19H,4-6,11-15H2,1-3H3. The number of benzene rings is 1. The highest BCUT2D eigenvalue weighted by atomic mass is 32.2. The molecule has 0 spiro atoms. The van der Waals surface area contributed by atoms with E-state index in [0.717, 1.165) is 29.3 Å². The number of aryl methyl sites for hydroxylation is 2. The molecule has 30 heavy (non-hydrogen) atoms. The third-order valence-electron chi connectivity index (χ3n) is 6.41. The lowest BCUT2D eigenvalue weighted by Crippen LogP contribution is -2.49. The fourth-order valence-electron chi connectivity index (χ4n) is 4.26. The topological polar surface area (TPSA) is 69.6 Å². The number of rotatable bonds is 4. The van der Waals surface area contributed by atoms with Crippen LogP contribution in [0.25, 0.3) is 0 Å². The number of anilines is 2. The van der Waals surface area contributed by atoms with E-state index in [9.17, 15) is 8.42 Å². The first-order chi connectivity index (χ1) is 14.4. The molecule has 0 bridgehead atoms. The van der Waals surface area contributed by atoms with E-state index in [-0.39, 0.29) is 0 Å². The van der Waals surface area contributed by atoms with Gasteiger partial charge in [-0.3, -0.25) is 0 Å². The Bertz CT molecular complexity index is 985. The number of aromatic nitrogens is 2. The van der Waals surface area contributed by atoms with Crippen LogP contribution in [0.3, 0.4) is 0 Å². The minimum absolute atomic E-state index is 0.374. The molecular weight excluding hydrogens is 398 g/mol. The Morgan fingerprint density at radius 2 is 1.57 bits per heavy atom. The van der Waals surface area contributed by atoms with E-state index in [1.807, 2.05) is 32.0 Å². The van der Waals surface area contributed by atoms with Crippen LogP contribution in [0.15, 0.2) is 35.2 Å². The van der Waals surface area contributed by atoms with Gasteiger partial charge in [-0.1, -0.05) is 6.07 Å². The molecule has 2 aliphatic heterocycles. The SMILES string of the molecule is Cc1ccc(S(=O)(=O)N2CCN(c3ccc(N4CCCCC4C)nn3)CC2)cc1C. The van der Waals surface area contributed by atoms with E-state index < -0.39 is 10.0 Å². The summed E-state index contributed by atoms with van der Waals surface area (Å²) in [5.74, 6) is 1.74. The number of hydrogen-bond donors (Lipinski definition) is 0. The van der Waals surface area contributed by atoms with Gasteiger partial charge in [0.05, 0.1) is 4.90 Å². The summed E-state index contributed by atoms with van der Waals surface area (Å²) in [6.07, 6.45) is 3.67. The maximum absolute atomic E-state index is 13.0. The molecule has 1 aromatic heterocycles. The maximum Gasteiger partial charge on any atom is 0.243 e. The molecule has 4 rings (SSSR count). The van der Waals surface area contributed by atoms with Crippen LogP contribution in [0, 0.1) is 13.8 Å². The summed E-state index contributed by atoms with van der Waals surface area (Å²) < 4.78 is 27.6. The monoisotopic (exact) mass is 429 g/mol. The van der Waals surface area contributed by atoms with Crippen LogP contribution in [-0.2, 0) is 10.0 Å². The molecule has 2 saturated heterocycles. The van der Waals surface area contributed by atoms with Gasteiger partial charge in [-0.15, -0.1) is 10.2 Å². The summed E-state index contributed by atoms with van der Waals surface area (Å²) in [4.78, 5) is 4.82. The molecule has 0 radical (unpaired) electrons. The fourth-order valence-corrected chi connectivity index (χ4v) is 5.77. The number of sulfonamides is 1. The average Bonchev–Trinajstić information content (AvgIpc) is 2.76. The highest BCUT2D eigenvalue weighted by molar-refractivity contribution is 7.89. The molecule has 7 nitrogen and oxygen atoms in total.